The van der Waals surface area contributed by atoms with Crippen molar-refractivity contribution in [3.63, 3.8) is 0 Å². The van der Waals surface area contributed by atoms with E-state index in [1.165, 1.54) is 17.5 Å². The molecule has 0 radical (unpaired) electrons. The van der Waals surface area contributed by atoms with E-state index in [0.717, 1.165) is 18.5 Å². The number of hydrogen-bond donors (Lipinski definition) is 3. The molecule has 0 aliphatic heterocycles. The topological polar surface area (TPSA) is 70.2 Å². The van der Waals surface area contributed by atoms with Crippen LogP contribution in [0.4, 0.5) is 10.5 Å². The van der Waals surface area contributed by atoms with Crippen LogP contribution < -0.4 is 16.0 Å². The normalized spacial score (nSPS) is 14.9. The number of imide groups is 1. The van der Waals surface area contributed by atoms with E-state index in [0.29, 0.717) is 0 Å². The van der Waals surface area contributed by atoms with Gasteiger partial charge in [-0.25, -0.2) is 4.79 Å². The highest BCUT2D eigenvalue weighted by molar-refractivity contribution is 5.98. The Labute approximate surface area is 131 Å². The molecule has 5 nitrogen and oxygen atoms in total. The molecule has 0 saturated heterocycles. The summed E-state index contributed by atoms with van der Waals surface area (Å²) in [5, 5.41) is 8.21. The highest BCUT2D eigenvalue weighted by Gasteiger charge is 2.19. The van der Waals surface area contributed by atoms with Crippen LogP contribution in [0, 0.1) is 0 Å². The van der Waals surface area contributed by atoms with Gasteiger partial charge >= 0.3 is 6.03 Å². The van der Waals surface area contributed by atoms with Gasteiger partial charge in [0.1, 0.15) is 6.04 Å². The van der Waals surface area contributed by atoms with Gasteiger partial charge in [-0.05, 0) is 70.2 Å². The van der Waals surface area contributed by atoms with Gasteiger partial charge in [-0.1, -0.05) is 6.07 Å². The number of anilines is 1. The van der Waals surface area contributed by atoms with Crippen molar-refractivity contribution in [1.29, 1.82) is 0 Å². The lowest BCUT2D eigenvalue weighted by Gasteiger charge is -2.21. The van der Waals surface area contributed by atoms with Crippen molar-refractivity contribution in [3.8, 4) is 0 Å². The molecule has 1 unspecified atom stereocenters. The minimum Gasteiger partial charge on any atom is -0.374 e. The van der Waals surface area contributed by atoms with Gasteiger partial charge in [-0.2, -0.15) is 0 Å². The van der Waals surface area contributed by atoms with Gasteiger partial charge in [0.15, 0.2) is 0 Å². The molecule has 0 aromatic heterocycles. The highest BCUT2D eigenvalue weighted by atomic mass is 16.2. The number of fused-ring (bicyclic) bond motifs is 1. The maximum Gasteiger partial charge on any atom is 0.321 e. The van der Waals surface area contributed by atoms with Crippen molar-refractivity contribution in [2.45, 2.75) is 58.5 Å². The van der Waals surface area contributed by atoms with Crippen LogP contribution >= 0.6 is 0 Å². The van der Waals surface area contributed by atoms with Crippen molar-refractivity contribution >= 4 is 17.6 Å². The quantitative estimate of drug-likeness (QED) is 0.804. The lowest BCUT2D eigenvalue weighted by Crippen LogP contribution is -2.51. The molecule has 0 saturated carbocycles. The third kappa shape index (κ3) is 4.48. The SMILES string of the molecule is CC(Nc1ccc2c(c1)CCC2)C(=O)NC(=O)NC(C)(C)C. The van der Waals surface area contributed by atoms with E-state index in [2.05, 4.69) is 28.1 Å². The predicted molar refractivity (Wildman–Crippen MR) is 88.0 cm³/mol. The third-order valence-corrected chi connectivity index (χ3v) is 3.60. The first-order chi connectivity index (χ1) is 10.2. The summed E-state index contributed by atoms with van der Waals surface area (Å²) in [6.45, 7) is 7.34. The smallest absolute Gasteiger partial charge is 0.321 e. The summed E-state index contributed by atoms with van der Waals surface area (Å²) in [6.07, 6.45) is 3.43. The van der Waals surface area contributed by atoms with Crippen LogP contribution in [0.5, 0.6) is 0 Å². The summed E-state index contributed by atoms with van der Waals surface area (Å²) in [7, 11) is 0. The van der Waals surface area contributed by atoms with Crippen LogP contribution in [0.1, 0.15) is 45.2 Å². The van der Waals surface area contributed by atoms with Gasteiger partial charge in [0, 0.05) is 11.2 Å². The van der Waals surface area contributed by atoms with E-state index in [1.54, 1.807) is 6.92 Å². The molecule has 0 spiro atoms. The van der Waals surface area contributed by atoms with Gasteiger partial charge in [0.2, 0.25) is 5.91 Å². The van der Waals surface area contributed by atoms with Gasteiger partial charge < -0.3 is 10.6 Å². The van der Waals surface area contributed by atoms with Crippen molar-refractivity contribution in [3.05, 3.63) is 29.3 Å². The van der Waals surface area contributed by atoms with Gasteiger partial charge in [0.25, 0.3) is 0 Å². The Morgan fingerprint density at radius 3 is 2.50 bits per heavy atom. The highest BCUT2D eigenvalue weighted by Crippen LogP contribution is 2.25. The molecule has 0 bridgehead atoms. The average Bonchev–Trinajstić information content (AvgIpc) is 2.83. The zero-order chi connectivity index (χ0) is 16.3. The zero-order valence-corrected chi connectivity index (χ0v) is 13.7. The number of aryl methyl sites for hydroxylation is 2. The van der Waals surface area contributed by atoms with Crippen molar-refractivity contribution in [2.75, 3.05) is 5.32 Å². The van der Waals surface area contributed by atoms with E-state index in [4.69, 9.17) is 0 Å². The average molecular weight is 303 g/mol. The molecule has 1 aromatic rings. The first-order valence-electron chi connectivity index (χ1n) is 7.76. The summed E-state index contributed by atoms with van der Waals surface area (Å²) in [6, 6.07) is 5.25. The largest absolute Gasteiger partial charge is 0.374 e. The van der Waals surface area contributed by atoms with Gasteiger partial charge in [-0.3, -0.25) is 10.1 Å². The minimum absolute atomic E-state index is 0.345. The lowest BCUT2D eigenvalue weighted by molar-refractivity contribution is -0.120. The molecule has 1 aromatic carbocycles. The van der Waals surface area contributed by atoms with E-state index in [-0.39, 0.29) is 11.4 Å². The fourth-order valence-corrected chi connectivity index (χ4v) is 2.57. The summed E-state index contributed by atoms with van der Waals surface area (Å²) in [5.74, 6) is -0.345. The zero-order valence-electron chi connectivity index (χ0n) is 13.7. The predicted octanol–water partition coefficient (Wildman–Crippen LogP) is 2.60. The van der Waals surface area contributed by atoms with E-state index < -0.39 is 12.1 Å². The van der Waals surface area contributed by atoms with Crippen molar-refractivity contribution in [1.82, 2.24) is 10.6 Å². The Bertz CT molecular complexity index is 576. The van der Waals surface area contributed by atoms with Crippen LogP contribution in [0.2, 0.25) is 0 Å². The third-order valence-electron chi connectivity index (χ3n) is 3.60. The van der Waals surface area contributed by atoms with Crippen molar-refractivity contribution in [2.24, 2.45) is 0 Å². The molecule has 1 aliphatic rings. The van der Waals surface area contributed by atoms with Crippen LogP contribution in [-0.4, -0.2) is 23.5 Å². The fraction of sp³-hybridized carbons (Fsp3) is 0.529. The molecule has 5 heteroatoms. The molecule has 22 heavy (non-hydrogen) atoms. The number of urea groups is 1. The maximum absolute atomic E-state index is 12.0. The first-order valence-corrected chi connectivity index (χ1v) is 7.76. The number of carbonyl (C=O) groups is 2. The Hall–Kier alpha value is -2.04. The molecule has 0 heterocycles. The molecule has 120 valence electrons. The molecule has 3 N–H and O–H groups in total. The summed E-state index contributed by atoms with van der Waals surface area (Å²) < 4.78 is 0. The van der Waals surface area contributed by atoms with Crippen LogP contribution in [-0.2, 0) is 17.6 Å². The van der Waals surface area contributed by atoms with Crippen LogP contribution in [0.15, 0.2) is 18.2 Å². The minimum atomic E-state index is -0.481. The fourth-order valence-electron chi connectivity index (χ4n) is 2.57. The monoisotopic (exact) mass is 303 g/mol. The maximum atomic E-state index is 12.0. The Morgan fingerprint density at radius 2 is 1.82 bits per heavy atom. The van der Waals surface area contributed by atoms with Crippen LogP contribution in [0.3, 0.4) is 0 Å². The standard InChI is InChI=1S/C17H25N3O2/c1-11(15(21)19-16(22)20-17(2,3)4)18-14-9-8-12-6-5-7-13(12)10-14/h8-11,18H,5-7H2,1-4H3,(H2,19,20,21,22). The molecule has 1 atom stereocenters. The number of carbonyl (C=O) groups excluding carboxylic acids is 2. The van der Waals surface area contributed by atoms with Gasteiger partial charge in [-0.15, -0.1) is 0 Å². The number of rotatable bonds is 3. The number of benzene rings is 1. The van der Waals surface area contributed by atoms with Crippen LogP contribution in [0.25, 0.3) is 0 Å². The molecule has 1 aliphatic carbocycles. The Balaban J connectivity index is 1.90. The summed E-state index contributed by atoms with van der Waals surface area (Å²) in [4.78, 5) is 23.8. The first kappa shape index (κ1) is 16.3. The Morgan fingerprint density at radius 1 is 1.14 bits per heavy atom. The number of hydrogen-bond acceptors (Lipinski definition) is 3. The molecular weight excluding hydrogens is 278 g/mol. The second-order valence-electron chi connectivity index (χ2n) is 6.90. The van der Waals surface area contributed by atoms with Crippen molar-refractivity contribution < 1.29 is 9.59 Å². The number of nitrogens with one attached hydrogen (secondary N) is 3. The van der Waals surface area contributed by atoms with E-state index in [1.807, 2.05) is 26.8 Å². The lowest BCUT2D eigenvalue weighted by atomic mass is 10.1. The summed E-state index contributed by atoms with van der Waals surface area (Å²) in [5.41, 5.74) is 3.29. The Kier molecular flexibility index (Phi) is 4.74. The molecular formula is C17H25N3O2. The molecule has 3 amide bonds. The van der Waals surface area contributed by atoms with E-state index in [9.17, 15) is 9.59 Å². The second-order valence-corrected chi connectivity index (χ2v) is 6.90. The molecule has 2 rings (SSSR count). The van der Waals surface area contributed by atoms with E-state index >= 15 is 0 Å². The molecule has 0 fully saturated rings. The summed E-state index contributed by atoms with van der Waals surface area (Å²) >= 11 is 0. The second kappa shape index (κ2) is 6.38. The number of amides is 3. The van der Waals surface area contributed by atoms with Gasteiger partial charge in [0.05, 0.1) is 0 Å².